The van der Waals surface area contributed by atoms with E-state index >= 15 is 0 Å². The standard InChI is InChI=1S/C13H20ClN3S.HI/c1-2-15-13(17-9-10-3-4-10)16-8-7-11-5-6-12(14)18-11;/h5-6,10H,2-4,7-9H2,1H3,(H2,15,16,17);1H. The summed E-state index contributed by atoms with van der Waals surface area (Å²) in [7, 11) is 0. The van der Waals surface area contributed by atoms with E-state index < -0.39 is 0 Å². The van der Waals surface area contributed by atoms with Crippen LogP contribution in [0.3, 0.4) is 0 Å². The van der Waals surface area contributed by atoms with Gasteiger partial charge in [-0.15, -0.1) is 35.3 Å². The van der Waals surface area contributed by atoms with Gasteiger partial charge in [-0.2, -0.15) is 0 Å². The Balaban J connectivity index is 0.00000180. The average molecular weight is 414 g/mol. The summed E-state index contributed by atoms with van der Waals surface area (Å²) in [4.78, 5) is 5.89. The molecule has 0 aromatic carbocycles. The van der Waals surface area contributed by atoms with Crippen LogP contribution in [0.1, 0.15) is 24.6 Å². The molecule has 1 aromatic heterocycles. The zero-order valence-electron chi connectivity index (χ0n) is 11.1. The van der Waals surface area contributed by atoms with Crippen LogP contribution in [-0.4, -0.2) is 25.6 Å². The lowest BCUT2D eigenvalue weighted by atomic mass is 10.3. The summed E-state index contributed by atoms with van der Waals surface area (Å²) in [6.07, 6.45) is 3.68. The molecule has 2 rings (SSSR count). The van der Waals surface area contributed by atoms with Gasteiger partial charge in [0.25, 0.3) is 0 Å². The molecule has 19 heavy (non-hydrogen) atoms. The highest BCUT2D eigenvalue weighted by atomic mass is 127. The van der Waals surface area contributed by atoms with Gasteiger partial charge in [0, 0.05) is 24.5 Å². The van der Waals surface area contributed by atoms with Crippen LogP contribution in [0.4, 0.5) is 0 Å². The van der Waals surface area contributed by atoms with E-state index in [1.807, 2.05) is 6.07 Å². The number of hydrogen-bond donors (Lipinski definition) is 2. The van der Waals surface area contributed by atoms with Crippen LogP contribution in [0, 0.1) is 5.92 Å². The number of nitrogens with zero attached hydrogens (tertiary/aromatic N) is 1. The highest BCUT2D eigenvalue weighted by Crippen LogP contribution is 2.28. The van der Waals surface area contributed by atoms with Crippen molar-refractivity contribution in [3.63, 3.8) is 0 Å². The van der Waals surface area contributed by atoms with Crippen LogP contribution < -0.4 is 10.6 Å². The van der Waals surface area contributed by atoms with Gasteiger partial charge in [-0.05, 0) is 44.2 Å². The second kappa shape index (κ2) is 9.02. The molecule has 0 saturated heterocycles. The maximum atomic E-state index is 5.91. The van der Waals surface area contributed by atoms with E-state index in [9.17, 15) is 0 Å². The first kappa shape index (κ1) is 17.0. The van der Waals surface area contributed by atoms with Crippen molar-refractivity contribution in [3.05, 3.63) is 21.3 Å². The number of thiophene rings is 1. The molecule has 0 radical (unpaired) electrons. The third kappa shape index (κ3) is 6.81. The number of rotatable bonds is 6. The predicted octanol–water partition coefficient (Wildman–Crippen LogP) is 3.53. The number of hydrogen-bond acceptors (Lipinski definition) is 2. The van der Waals surface area contributed by atoms with Crippen LogP contribution in [0.15, 0.2) is 17.1 Å². The molecule has 0 amide bonds. The summed E-state index contributed by atoms with van der Waals surface area (Å²) in [6, 6.07) is 4.04. The Kier molecular flexibility index (Phi) is 8.09. The minimum Gasteiger partial charge on any atom is -0.357 e. The molecule has 3 nitrogen and oxygen atoms in total. The van der Waals surface area contributed by atoms with Crippen molar-refractivity contribution in [2.75, 3.05) is 19.6 Å². The Morgan fingerprint density at radius 3 is 2.79 bits per heavy atom. The lowest BCUT2D eigenvalue weighted by molar-refractivity contribution is 0.779. The fourth-order valence-corrected chi connectivity index (χ4v) is 2.74. The number of aliphatic imine (C=N–C) groups is 1. The molecule has 0 atom stereocenters. The van der Waals surface area contributed by atoms with Gasteiger partial charge in [-0.3, -0.25) is 4.99 Å². The minimum absolute atomic E-state index is 0. The fraction of sp³-hybridized carbons (Fsp3) is 0.615. The van der Waals surface area contributed by atoms with Crippen LogP contribution >= 0.6 is 46.9 Å². The van der Waals surface area contributed by atoms with Crippen LogP contribution in [0.5, 0.6) is 0 Å². The molecule has 1 fully saturated rings. The normalized spacial score (nSPS) is 14.9. The molecule has 1 aliphatic rings. The quantitative estimate of drug-likeness (QED) is 0.425. The molecule has 0 spiro atoms. The Bertz CT molecular complexity index is 404. The topological polar surface area (TPSA) is 36.4 Å². The molecule has 108 valence electrons. The molecular formula is C13H21ClIN3S. The van der Waals surface area contributed by atoms with Gasteiger partial charge in [-0.1, -0.05) is 11.6 Å². The number of halogens is 2. The van der Waals surface area contributed by atoms with Crippen LogP contribution in [-0.2, 0) is 6.42 Å². The summed E-state index contributed by atoms with van der Waals surface area (Å²) >= 11 is 7.55. The fourth-order valence-electron chi connectivity index (χ4n) is 1.65. The molecule has 1 aromatic rings. The zero-order valence-corrected chi connectivity index (χ0v) is 15.0. The second-order valence-electron chi connectivity index (χ2n) is 4.55. The van der Waals surface area contributed by atoms with Crippen molar-refractivity contribution < 1.29 is 0 Å². The maximum absolute atomic E-state index is 5.91. The molecule has 1 aliphatic carbocycles. The van der Waals surface area contributed by atoms with E-state index in [4.69, 9.17) is 11.6 Å². The lowest BCUT2D eigenvalue weighted by Gasteiger charge is -2.10. The summed E-state index contributed by atoms with van der Waals surface area (Å²) in [5.41, 5.74) is 0. The molecule has 0 unspecified atom stereocenters. The van der Waals surface area contributed by atoms with Crippen molar-refractivity contribution in [3.8, 4) is 0 Å². The maximum Gasteiger partial charge on any atom is 0.191 e. The van der Waals surface area contributed by atoms with Gasteiger partial charge >= 0.3 is 0 Å². The van der Waals surface area contributed by atoms with E-state index in [1.165, 1.54) is 17.7 Å². The Labute approximate surface area is 141 Å². The van der Waals surface area contributed by atoms with Crippen molar-refractivity contribution in [1.29, 1.82) is 0 Å². The lowest BCUT2D eigenvalue weighted by Crippen LogP contribution is -2.38. The smallest absolute Gasteiger partial charge is 0.191 e. The van der Waals surface area contributed by atoms with E-state index in [0.29, 0.717) is 0 Å². The summed E-state index contributed by atoms with van der Waals surface area (Å²) in [5.74, 6) is 1.77. The molecular weight excluding hydrogens is 393 g/mol. The first-order valence-electron chi connectivity index (χ1n) is 6.54. The molecule has 1 saturated carbocycles. The van der Waals surface area contributed by atoms with E-state index in [1.54, 1.807) is 11.3 Å². The second-order valence-corrected chi connectivity index (χ2v) is 6.35. The largest absolute Gasteiger partial charge is 0.357 e. The van der Waals surface area contributed by atoms with Gasteiger partial charge in [-0.25, -0.2) is 0 Å². The third-order valence-corrected chi connectivity index (χ3v) is 4.13. The van der Waals surface area contributed by atoms with Crippen LogP contribution in [0.2, 0.25) is 4.34 Å². The first-order chi connectivity index (χ1) is 8.78. The minimum atomic E-state index is 0. The molecule has 6 heteroatoms. The summed E-state index contributed by atoms with van der Waals surface area (Å²) < 4.78 is 0.860. The van der Waals surface area contributed by atoms with Gasteiger partial charge in [0.05, 0.1) is 4.34 Å². The van der Waals surface area contributed by atoms with E-state index in [0.717, 1.165) is 42.3 Å². The Morgan fingerprint density at radius 2 is 2.21 bits per heavy atom. The van der Waals surface area contributed by atoms with Gasteiger partial charge in [0.15, 0.2) is 5.96 Å². The zero-order chi connectivity index (χ0) is 12.8. The summed E-state index contributed by atoms with van der Waals surface area (Å²) in [5, 5.41) is 6.64. The van der Waals surface area contributed by atoms with Gasteiger partial charge in [0.1, 0.15) is 0 Å². The third-order valence-electron chi connectivity index (χ3n) is 2.84. The van der Waals surface area contributed by atoms with Crippen LogP contribution in [0.25, 0.3) is 0 Å². The molecule has 0 aliphatic heterocycles. The van der Waals surface area contributed by atoms with E-state index in [2.05, 4.69) is 28.6 Å². The van der Waals surface area contributed by atoms with Gasteiger partial charge < -0.3 is 10.6 Å². The number of guanidine groups is 1. The average Bonchev–Trinajstić information content (AvgIpc) is 3.09. The van der Waals surface area contributed by atoms with E-state index in [-0.39, 0.29) is 24.0 Å². The molecule has 0 bridgehead atoms. The van der Waals surface area contributed by atoms with Crippen molar-refractivity contribution in [2.45, 2.75) is 26.2 Å². The summed E-state index contributed by atoms with van der Waals surface area (Å²) in [6.45, 7) is 4.85. The Morgan fingerprint density at radius 1 is 1.42 bits per heavy atom. The highest BCUT2D eigenvalue weighted by Gasteiger charge is 2.20. The Hall–Kier alpha value is -0.0100. The predicted molar refractivity (Wildman–Crippen MR) is 95.2 cm³/mol. The molecule has 1 heterocycles. The highest BCUT2D eigenvalue weighted by molar-refractivity contribution is 14.0. The van der Waals surface area contributed by atoms with Crippen molar-refractivity contribution in [2.24, 2.45) is 10.9 Å². The molecule has 2 N–H and O–H groups in total. The van der Waals surface area contributed by atoms with Crippen molar-refractivity contribution >= 4 is 52.9 Å². The number of nitrogens with one attached hydrogen (secondary N) is 2. The van der Waals surface area contributed by atoms with Crippen molar-refractivity contribution in [1.82, 2.24) is 10.6 Å². The SMILES string of the molecule is CCNC(=NCC1CC1)NCCc1ccc(Cl)s1.I. The van der Waals surface area contributed by atoms with Gasteiger partial charge in [0.2, 0.25) is 0 Å². The first-order valence-corrected chi connectivity index (χ1v) is 7.73. The monoisotopic (exact) mass is 413 g/mol.